The molecule has 8 nitrogen and oxygen atoms in total. The lowest BCUT2D eigenvalue weighted by Gasteiger charge is -2.09. The van der Waals surface area contributed by atoms with Gasteiger partial charge in [0.1, 0.15) is 6.61 Å². The van der Waals surface area contributed by atoms with Crippen LogP contribution in [0.1, 0.15) is 12.8 Å². The van der Waals surface area contributed by atoms with Crippen LogP contribution in [0.5, 0.6) is 0 Å². The van der Waals surface area contributed by atoms with Gasteiger partial charge in [0.2, 0.25) is 0 Å². The van der Waals surface area contributed by atoms with Crippen molar-refractivity contribution in [1.82, 2.24) is 0 Å². The molecule has 0 unspecified atom stereocenters. The monoisotopic (exact) mass is 320 g/mol. The Hall–Kier alpha value is -1.90. The number of hydrogen-bond donors (Lipinski definition) is 3. The summed E-state index contributed by atoms with van der Waals surface area (Å²) in [6, 6.07) is 0. The number of hydrogen-bond acceptors (Lipinski definition) is 7. The first-order valence-electron chi connectivity index (χ1n) is 6.63. The standard InChI is InChI=1S/C11H20O6.C3H4O2/c1-10(16-9-8-15-7-5-13)11(14)17-6-3-2-4-12;1-2-3(4)5/h12-13H,1-9H2;2H,1H2,(H,4,5). The van der Waals surface area contributed by atoms with E-state index in [9.17, 15) is 9.59 Å². The van der Waals surface area contributed by atoms with E-state index >= 15 is 0 Å². The van der Waals surface area contributed by atoms with Crippen molar-refractivity contribution in [3.8, 4) is 0 Å². The highest BCUT2D eigenvalue weighted by atomic mass is 16.6. The molecule has 0 spiro atoms. The van der Waals surface area contributed by atoms with Gasteiger partial charge >= 0.3 is 11.9 Å². The van der Waals surface area contributed by atoms with Crippen molar-refractivity contribution < 1.29 is 39.1 Å². The fourth-order valence-corrected chi connectivity index (χ4v) is 0.909. The zero-order valence-electron chi connectivity index (χ0n) is 12.5. The first kappa shape index (κ1) is 22.4. The van der Waals surface area contributed by atoms with Gasteiger partial charge in [-0.15, -0.1) is 0 Å². The number of rotatable bonds is 12. The van der Waals surface area contributed by atoms with Crippen molar-refractivity contribution >= 4 is 11.9 Å². The Morgan fingerprint density at radius 1 is 0.955 bits per heavy atom. The first-order chi connectivity index (χ1) is 10.5. The Morgan fingerprint density at radius 2 is 1.59 bits per heavy atom. The molecule has 22 heavy (non-hydrogen) atoms. The summed E-state index contributed by atoms with van der Waals surface area (Å²) in [4.78, 5) is 20.5. The summed E-state index contributed by atoms with van der Waals surface area (Å²) in [5.41, 5.74) is 0. The molecule has 128 valence electrons. The molecule has 0 aliphatic carbocycles. The molecule has 0 amide bonds. The SMILES string of the molecule is C=C(OCCOCCO)C(=O)OCCCCO.C=CC(=O)O. The molecular formula is C14H24O8. The lowest BCUT2D eigenvalue weighted by Crippen LogP contribution is -2.14. The van der Waals surface area contributed by atoms with Gasteiger partial charge in [-0.1, -0.05) is 6.58 Å². The number of carbonyl (C=O) groups is 2. The summed E-state index contributed by atoms with van der Waals surface area (Å²) in [7, 11) is 0. The second-order valence-electron chi connectivity index (χ2n) is 3.72. The van der Waals surface area contributed by atoms with E-state index in [-0.39, 0.29) is 45.4 Å². The predicted molar refractivity (Wildman–Crippen MR) is 78.1 cm³/mol. The number of carboxylic acids is 1. The summed E-state index contributed by atoms with van der Waals surface area (Å²) in [5, 5.41) is 24.5. The lowest BCUT2D eigenvalue weighted by molar-refractivity contribution is -0.143. The van der Waals surface area contributed by atoms with E-state index in [1.165, 1.54) is 0 Å². The van der Waals surface area contributed by atoms with Crippen molar-refractivity contribution in [3.63, 3.8) is 0 Å². The Bertz CT molecular complexity index is 327. The molecule has 0 bridgehead atoms. The van der Waals surface area contributed by atoms with Gasteiger partial charge in [-0.2, -0.15) is 0 Å². The molecular weight excluding hydrogens is 296 g/mol. The van der Waals surface area contributed by atoms with Crippen molar-refractivity contribution in [2.45, 2.75) is 12.8 Å². The van der Waals surface area contributed by atoms with Crippen LogP contribution in [0.3, 0.4) is 0 Å². The molecule has 0 aromatic carbocycles. The van der Waals surface area contributed by atoms with Gasteiger partial charge < -0.3 is 29.5 Å². The summed E-state index contributed by atoms with van der Waals surface area (Å²) < 4.78 is 14.7. The summed E-state index contributed by atoms with van der Waals surface area (Å²) in [6.07, 6.45) is 2.03. The number of aliphatic hydroxyl groups excluding tert-OH is 2. The number of aliphatic carboxylic acids is 1. The van der Waals surface area contributed by atoms with Crippen LogP contribution in [0.2, 0.25) is 0 Å². The Morgan fingerprint density at radius 3 is 2.09 bits per heavy atom. The zero-order valence-corrected chi connectivity index (χ0v) is 12.5. The Labute approximate surface area is 129 Å². The fourth-order valence-electron chi connectivity index (χ4n) is 0.909. The highest BCUT2D eigenvalue weighted by Crippen LogP contribution is 1.99. The van der Waals surface area contributed by atoms with E-state index in [2.05, 4.69) is 13.2 Å². The molecule has 3 N–H and O–H groups in total. The minimum absolute atomic E-state index is 0.0478. The van der Waals surface area contributed by atoms with Gasteiger partial charge in [-0.25, -0.2) is 9.59 Å². The summed E-state index contributed by atoms with van der Waals surface area (Å²) >= 11 is 0. The van der Waals surface area contributed by atoms with Crippen LogP contribution in [0.4, 0.5) is 0 Å². The number of esters is 1. The number of ether oxygens (including phenoxy) is 3. The largest absolute Gasteiger partial charge is 0.485 e. The van der Waals surface area contributed by atoms with Crippen LogP contribution in [0.25, 0.3) is 0 Å². The van der Waals surface area contributed by atoms with Crippen molar-refractivity contribution in [2.24, 2.45) is 0 Å². The van der Waals surface area contributed by atoms with Crippen LogP contribution in [0, 0.1) is 0 Å². The lowest BCUT2D eigenvalue weighted by atomic mass is 10.3. The van der Waals surface area contributed by atoms with Crippen LogP contribution in [0.15, 0.2) is 25.0 Å². The van der Waals surface area contributed by atoms with Crippen molar-refractivity contribution in [1.29, 1.82) is 0 Å². The fraction of sp³-hybridized carbons (Fsp3) is 0.571. The summed E-state index contributed by atoms with van der Waals surface area (Å²) in [6.45, 7) is 7.35. The quantitative estimate of drug-likeness (QED) is 0.200. The molecule has 0 atom stereocenters. The Kier molecular flexibility index (Phi) is 17.5. The van der Waals surface area contributed by atoms with Crippen molar-refractivity contribution in [2.75, 3.05) is 39.6 Å². The van der Waals surface area contributed by atoms with Crippen LogP contribution in [-0.4, -0.2) is 66.9 Å². The van der Waals surface area contributed by atoms with Crippen molar-refractivity contribution in [3.05, 3.63) is 25.0 Å². The third kappa shape index (κ3) is 18.1. The molecule has 0 aromatic heterocycles. The van der Waals surface area contributed by atoms with Crippen LogP contribution >= 0.6 is 0 Å². The number of aliphatic hydroxyl groups is 2. The highest BCUT2D eigenvalue weighted by Gasteiger charge is 2.09. The first-order valence-corrected chi connectivity index (χ1v) is 6.63. The van der Waals surface area contributed by atoms with Gasteiger partial charge in [0, 0.05) is 12.7 Å². The highest BCUT2D eigenvalue weighted by molar-refractivity contribution is 5.85. The smallest absolute Gasteiger partial charge is 0.372 e. The maximum absolute atomic E-state index is 11.2. The van der Waals surface area contributed by atoms with Gasteiger partial charge in [-0.05, 0) is 19.4 Å². The molecule has 0 rings (SSSR count). The maximum atomic E-state index is 11.2. The third-order valence-electron chi connectivity index (χ3n) is 1.93. The van der Waals surface area contributed by atoms with Gasteiger partial charge in [-0.3, -0.25) is 0 Å². The predicted octanol–water partition coefficient (Wildman–Crippen LogP) is 0.0983. The molecule has 0 aromatic rings. The molecule has 0 fully saturated rings. The second kappa shape index (κ2) is 17.2. The van der Waals surface area contributed by atoms with E-state index < -0.39 is 11.9 Å². The van der Waals surface area contributed by atoms with Crippen LogP contribution < -0.4 is 0 Å². The maximum Gasteiger partial charge on any atom is 0.372 e. The van der Waals surface area contributed by atoms with Crippen LogP contribution in [-0.2, 0) is 23.8 Å². The average molecular weight is 320 g/mol. The zero-order chi connectivity index (χ0) is 17.2. The molecule has 0 aliphatic heterocycles. The number of unbranched alkanes of at least 4 members (excludes halogenated alkanes) is 1. The topological polar surface area (TPSA) is 123 Å². The van der Waals surface area contributed by atoms with Gasteiger partial charge in [0.15, 0.2) is 5.76 Å². The minimum atomic E-state index is -0.981. The molecule has 0 aliphatic rings. The normalized spacial score (nSPS) is 9.18. The van der Waals surface area contributed by atoms with Gasteiger partial charge in [0.05, 0.1) is 26.4 Å². The molecule has 0 heterocycles. The van der Waals surface area contributed by atoms with E-state index in [1.54, 1.807) is 0 Å². The number of carbonyl (C=O) groups excluding carboxylic acids is 1. The van der Waals surface area contributed by atoms with E-state index in [4.69, 9.17) is 29.5 Å². The second-order valence-corrected chi connectivity index (χ2v) is 3.72. The van der Waals surface area contributed by atoms with E-state index in [1.807, 2.05) is 0 Å². The average Bonchev–Trinajstić information content (AvgIpc) is 2.51. The molecule has 0 radical (unpaired) electrons. The Balaban J connectivity index is 0. The van der Waals surface area contributed by atoms with E-state index in [0.717, 1.165) is 6.08 Å². The summed E-state index contributed by atoms with van der Waals surface area (Å²) in [5.74, 6) is -1.66. The molecule has 8 heteroatoms. The third-order valence-corrected chi connectivity index (χ3v) is 1.93. The van der Waals surface area contributed by atoms with Gasteiger partial charge in [0.25, 0.3) is 0 Å². The van der Waals surface area contributed by atoms with E-state index in [0.29, 0.717) is 12.8 Å². The molecule has 0 saturated carbocycles. The number of carboxylic acid groups (broad SMARTS) is 1. The molecule has 0 saturated heterocycles. The minimum Gasteiger partial charge on any atom is -0.485 e.